The molecule has 0 bridgehead atoms. The van der Waals surface area contributed by atoms with E-state index in [9.17, 15) is 9.59 Å². The molecule has 1 aromatic heterocycles. The van der Waals surface area contributed by atoms with E-state index in [-0.39, 0.29) is 23.8 Å². The minimum absolute atomic E-state index is 0.0276. The molecule has 1 unspecified atom stereocenters. The maximum Gasteiger partial charge on any atom is 0.245 e. The molecule has 0 aliphatic carbocycles. The summed E-state index contributed by atoms with van der Waals surface area (Å²) < 4.78 is 0. The number of carbonyl (C=O) groups excluding carboxylic acids is 2. The van der Waals surface area contributed by atoms with Crippen molar-refractivity contribution in [2.75, 3.05) is 19.6 Å². The number of piperidine rings is 1. The Labute approximate surface area is 135 Å². The van der Waals surface area contributed by atoms with Gasteiger partial charge in [0.05, 0.1) is 6.04 Å². The monoisotopic (exact) mass is 318 g/mol. The highest BCUT2D eigenvalue weighted by molar-refractivity contribution is 7.10. The van der Waals surface area contributed by atoms with Gasteiger partial charge in [0, 0.05) is 30.4 Å². The molecule has 1 aromatic rings. The summed E-state index contributed by atoms with van der Waals surface area (Å²) in [4.78, 5) is 29.7. The lowest BCUT2D eigenvalue weighted by molar-refractivity contribution is -0.141. The lowest BCUT2D eigenvalue weighted by Gasteiger charge is -2.38. The molecule has 0 aromatic carbocycles. The van der Waals surface area contributed by atoms with Crippen molar-refractivity contribution in [3.8, 4) is 0 Å². The number of hydrogen-bond acceptors (Lipinski definition) is 3. The summed E-state index contributed by atoms with van der Waals surface area (Å²) in [5.74, 6) is 0.284. The van der Waals surface area contributed by atoms with Crippen LogP contribution in [0.4, 0.5) is 0 Å². The molecule has 5 heteroatoms. The number of amides is 2. The van der Waals surface area contributed by atoms with E-state index in [0.717, 1.165) is 25.8 Å². The average molecular weight is 318 g/mol. The SMILES string of the molecule is C=CC(=O)N1CCC(C(=O)N2CCc3sccc3C2C)CC1. The van der Waals surface area contributed by atoms with Crippen molar-refractivity contribution in [3.05, 3.63) is 34.5 Å². The Bertz CT molecular complexity index is 587. The van der Waals surface area contributed by atoms with Crippen LogP contribution in [0.15, 0.2) is 24.1 Å². The number of rotatable bonds is 2. The maximum absolute atomic E-state index is 12.8. The van der Waals surface area contributed by atoms with Crippen LogP contribution in [0.3, 0.4) is 0 Å². The Kier molecular flexibility index (Phi) is 4.34. The van der Waals surface area contributed by atoms with Gasteiger partial charge < -0.3 is 9.80 Å². The van der Waals surface area contributed by atoms with Crippen molar-refractivity contribution in [2.24, 2.45) is 5.92 Å². The topological polar surface area (TPSA) is 40.6 Å². The van der Waals surface area contributed by atoms with E-state index in [1.165, 1.54) is 16.5 Å². The van der Waals surface area contributed by atoms with Gasteiger partial charge in [-0.3, -0.25) is 9.59 Å². The number of fused-ring (bicyclic) bond motifs is 1. The Morgan fingerprint density at radius 1 is 1.32 bits per heavy atom. The van der Waals surface area contributed by atoms with Crippen LogP contribution in [0.2, 0.25) is 0 Å². The van der Waals surface area contributed by atoms with Gasteiger partial charge in [0.15, 0.2) is 0 Å². The van der Waals surface area contributed by atoms with Crippen molar-refractivity contribution in [3.63, 3.8) is 0 Å². The second-order valence-electron chi connectivity index (χ2n) is 6.06. The van der Waals surface area contributed by atoms with Crippen LogP contribution in [-0.2, 0) is 16.0 Å². The van der Waals surface area contributed by atoms with Crippen molar-refractivity contribution in [2.45, 2.75) is 32.2 Å². The molecule has 118 valence electrons. The van der Waals surface area contributed by atoms with Gasteiger partial charge in [-0.2, -0.15) is 0 Å². The smallest absolute Gasteiger partial charge is 0.245 e. The fourth-order valence-corrected chi connectivity index (χ4v) is 4.48. The molecule has 0 N–H and O–H groups in total. The minimum atomic E-state index is -0.0276. The second-order valence-corrected chi connectivity index (χ2v) is 7.06. The molecule has 0 spiro atoms. The fourth-order valence-electron chi connectivity index (χ4n) is 3.52. The maximum atomic E-state index is 12.8. The Morgan fingerprint density at radius 3 is 2.73 bits per heavy atom. The second kappa shape index (κ2) is 6.24. The van der Waals surface area contributed by atoms with Crippen molar-refractivity contribution in [1.82, 2.24) is 9.80 Å². The van der Waals surface area contributed by atoms with Crippen LogP contribution >= 0.6 is 11.3 Å². The Morgan fingerprint density at radius 2 is 2.05 bits per heavy atom. The first-order valence-electron chi connectivity index (χ1n) is 7.90. The number of carbonyl (C=O) groups is 2. The van der Waals surface area contributed by atoms with Crippen LogP contribution < -0.4 is 0 Å². The normalized spacial score (nSPS) is 22.3. The lowest BCUT2D eigenvalue weighted by atomic mass is 9.92. The first kappa shape index (κ1) is 15.3. The molecule has 2 amide bonds. The lowest BCUT2D eigenvalue weighted by Crippen LogP contribution is -2.46. The number of thiophene rings is 1. The highest BCUT2D eigenvalue weighted by Crippen LogP contribution is 2.34. The van der Waals surface area contributed by atoms with Gasteiger partial charge in [-0.05, 0) is 49.3 Å². The zero-order valence-electron chi connectivity index (χ0n) is 13.0. The fraction of sp³-hybridized carbons (Fsp3) is 0.529. The number of nitrogens with zero attached hydrogens (tertiary/aromatic N) is 2. The Balaban J connectivity index is 1.64. The highest BCUT2D eigenvalue weighted by atomic mass is 32.1. The molecular weight excluding hydrogens is 296 g/mol. The van der Waals surface area contributed by atoms with E-state index in [1.54, 1.807) is 16.2 Å². The largest absolute Gasteiger partial charge is 0.339 e. The molecule has 1 atom stereocenters. The van der Waals surface area contributed by atoms with Gasteiger partial charge in [0.1, 0.15) is 0 Å². The van der Waals surface area contributed by atoms with Crippen LogP contribution in [0.25, 0.3) is 0 Å². The molecule has 1 fully saturated rings. The van der Waals surface area contributed by atoms with Crippen molar-refractivity contribution < 1.29 is 9.59 Å². The van der Waals surface area contributed by atoms with E-state index < -0.39 is 0 Å². The van der Waals surface area contributed by atoms with Gasteiger partial charge in [-0.15, -0.1) is 11.3 Å². The van der Waals surface area contributed by atoms with E-state index in [0.29, 0.717) is 13.1 Å². The van der Waals surface area contributed by atoms with E-state index >= 15 is 0 Å². The average Bonchev–Trinajstić information content (AvgIpc) is 3.03. The van der Waals surface area contributed by atoms with Crippen LogP contribution in [0.1, 0.15) is 36.2 Å². The van der Waals surface area contributed by atoms with Gasteiger partial charge in [0.25, 0.3) is 0 Å². The molecule has 22 heavy (non-hydrogen) atoms. The molecular formula is C17H22N2O2S. The van der Waals surface area contributed by atoms with Gasteiger partial charge >= 0.3 is 0 Å². The molecule has 1 saturated heterocycles. The first-order chi connectivity index (χ1) is 10.6. The van der Waals surface area contributed by atoms with Gasteiger partial charge in [-0.1, -0.05) is 6.58 Å². The molecule has 3 rings (SSSR count). The number of likely N-dealkylation sites (tertiary alicyclic amines) is 1. The summed E-state index contributed by atoms with van der Waals surface area (Å²) in [5.41, 5.74) is 1.31. The first-order valence-corrected chi connectivity index (χ1v) is 8.78. The molecule has 0 radical (unpaired) electrons. The third-order valence-corrected chi connectivity index (χ3v) is 5.89. The predicted octanol–water partition coefficient (Wildman–Crippen LogP) is 2.62. The Hall–Kier alpha value is -1.62. The van der Waals surface area contributed by atoms with Crippen molar-refractivity contribution >= 4 is 23.2 Å². The van der Waals surface area contributed by atoms with Gasteiger partial charge in [-0.25, -0.2) is 0 Å². The zero-order chi connectivity index (χ0) is 15.7. The standard InChI is InChI=1S/C17H22N2O2S/c1-3-16(20)18-8-4-13(5-9-18)17(21)19-10-6-15-14(12(19)2)7-11-22-15/h3,7,11-13H,1,4-6,8-10H2,2H3. The van der Waals surface area contributed by atoms with E-state index in [1.807, 2.05) is 4.90 Å². The highest BCUT2D eigenvalue weighted by Gasteiger charge is 2.34. The molecule has 2 aliphatic heterocycles. The molecule has 2 aliphatic rings. The third-order valence-electron chi connectivity index (χ3n) is 4.89. The summed E-state index contributed by atoms with van der Waals surface area (Å²) >= 11 is 1.79. The van der Waals surface area contributed by atoms with E-state index in [2.05, 4.69) is 24.9 Å². The predicted molar refractivity (Wildman–Crippen MR) is 87.7 cm³/mol. The van der Waals surface area contributed by atoms with Crippen molar-refractivity contribution in [1.29, 1.82) is 0 Å². The van der Waals surface area contributed by atoms with Crippen LogP contribution in [0.5, 0.6) is 0 Å². The molecule has 0 saturated carbocycles. The zero-order valence-corrected chi connectivity index (χ0v) is 13.8. The van der Waals surface area contributed by atoms with Gasteiger partial charge in [0.2, 0.25) is 11.8 Å². The molecule has 3 heterocycles. The summed E-state index contributed by atoms with van der Waals surface area (Å²) in [6.45, 7) is 7.79. The summed E-state index contributed by atoms with van der Waals surface area (Å²) in [5, 5.41) is 2.12. The van der Waals surface area contributed by atoms with Crippen LogP contribution in [0, 0.1) is 5.92 Å². The molecule has 4 nitrogen and oxygen atoms in total. The van der Waals surface area contributed by atoms with E-state index in [4.69, 9.17) is 0 Å². The third kappa shape index (κ3) is 2.70. The summed E-state index contributed by atoms with van der Waals surface area (Å²) in [6.07, 6.45) is 3.85. The summed E-state index contributed by atoms with van der Waals surface area (Å²) in [7, 11) is 0. The van der Waals surface area contributed by atoms with Crippen LogP contribution in [-0.4, -0.2) is 41.2 Å². The summed E-state index contributed by atoms with van der Waals surface area (Å²) in [6, 6.07) is 2.32. The quantitative estimate of drug-likeness (QED) is 0.787. The minimum Gasteiger partial charge on any atom is -0.339 e. The number of hydrogen-bond donors (Lipinski definition) is 0.